The average Bonchev–Trinajstić information content (AvgIpc) is 2.85. The van der Waals surface area contributed by atoms with Crippen LogP contribution in [0.4, 0.5) is 5.69 Å². The number of anilines is 1. The molecule has 2 aliphatic rings. The Hall–Kier alpha value is -2.80. The topological polar surface area (TPSA) is 56.1 Å². The summed E-state index contributed by atoms with van der Waals surface area (Å²) in [4.78, 5) is 15.3. The maximum atomic E-state index is 12.8. The lowest BCUT2D eigenvalue weighted by Crippen LogP contribution is -2.44. The number of hydrogen-bond acceptors (Lipinski definition) is 3. The van der Waals surface area contributed by atoms with Crippen LogP contribution in [0.15, 0.2) is 48.5 Å². The molecule has 0 unspecified atom stereocenters. The first-order valence-electron chi connectivity index (χ1n) is 12.7. The molecule has 1 saturated heterocycles. The van der Waals surface area contributed by atoms with E-state index >= 15 is 0 Å². The molecule has 1 N–H and O–H groups in total. The zero-order chi connectivity index (χ0) is 23.0. The number of benzene rings is 2. The normalized spacial score (nSPS) is 23.0. The molecular weight excluding hydrogens is 406 g/mol. The quantitative estimate of drug-likeness (QED) is 0.590. The first-order chi connectivity index (χ1) is 16.1. The summed E-state index contributed by atoms with van der Waals surface area (Å²) in [5.41, 5.74) is 4.49. The Morgan fingerprint density at radius 2 is 1.85 bits per heavy atom. The van der Waals surface area contributed by atoms with Gasteiger partial charge in [-0.25, -0.2) is 0 Å². The SMILES string of the molecule is Cc1ccccc1CCC(=O)N[C@@H]1CCCC[C@H]1C[C@H]1CCCN(c2ccc(C#N)cc2)C1. The zero-order valence-electron chi connectivity index (χ0n) is 19.9. The van der Waals surface area contributed by atoms with Gasteiger partial charge in [-0.3, -0.25) is 4.79 Å². The molecular formula is C29H37N3O. The van der Waals surface area contributed by atoms with Crippen LogP contribution < -0.4 is 10.2 Å². The Kier molecular flexibility index (Phi) is 8.05. The monoisotopic (exact) mass is 443 g/mol. The molecule has 0 radical (unpaired) electrons. The van der Waals surface area contributed by atoms with E-state index in [-0.39, 0.29) is 5.91 Å². The smallest absolute Gasteiger partial charge is 0.220 e. The summed E-state index contributed by atoms with van der Waals surface area (Å²) in [5.74, 6) is 1.47. The van der Waals surface area contributed by atoms with E-state index in [0.29, 0.717) is 24.3 Å². The number of carbonyl (C=O) groups excluding carboxylic acids is 1. The van der Waals surface area contributed by atoms with E-state index in [1.165, 1.54) is 55.3 Å². The highest BCUT2D eigenvalue weighted by Gasteiger charge is 2.30. The predicted molar refractivity (Wildman–Crippen MR) is 134 cm³/mol. The van der Waals surface area contributed by atoms with Crippen molar-refractivity contribution in [2.24, 2.45) is 11.8 Å². The minimum Gasteiger partial charge on any atom is -0.371 e. The van der Waals surface area contributed by atoms with Crippen LogP contribution >= 0.6 is 0 Å². The van der Waals surface area contributed by atoms with Crippen molar-refractivity contribution in [2.45, 2.75) is 70.8 Å². The summed E-state index contributed by atoms with van der Waals surface area (Å²) < 4.78 is 0. The lowest BCUT2D eigenvalue weighted by Gasteiger charge is -2.39. The molecule has 2 aromatic rings. The van der Waals surface area contributed by atoms with Crippen LogP contribution in [0.2, 0.25) is 0 Å². The Morgan fingerprint density at radius 3 is 2.64 bits per heavy atom. The summed E-state index contributed by atoms with van der Waals surface area (Å²) >= 11 is 0. The maximum absolute atomic E-state index is 12.8. The third-order valence-electron chi connectivity index (χ3n) is 7.65. The number of nitrogens with zero attached hydrogens (tertiary/aromatic N) is 2. The third kappa shape index (κ3) is 6.38. The number of hydrogen-bond donors (Lipinski definition) is 1. The van der Waals surface area contributed by atoms with Gasteiger partial charge in [0.15, 0.2) is 0 Å². The molecule has 1 amide bonds. The van der Waals surface area contributed by atoms with Crippen LogP contribution in [-0.2, 0) is 11.2 Å². The molecule has 1 saturated carbocycles. The molecule has 33 heavy (non-hydrogen) atoms. The first-order valence-corrected chi connectivity index (χ1v) is 12.7. The largest absolute Gasteiger partial charge is 0.371 e. The highest BCUT2D eigenvalue weighted by atomic mass is 16.1. The van der Waals surface area contributed by atoms with Crippen LogP contribution in [0.5, 0.6) is 0 Å². The van der Waals surface area contributed by atoms with Crippen LogP contribution in [0, 0.1) is 30.1 Å². The Balaban J connectivity index is 1.30. The van der Waals surface area contributed by atoms with Gasteiger partial charge in [0.25, 0.3) is 0 Å². The van der Waals surface area contributed by atoms with Crippen molar-refractivity contribution in [2.75, 3.05) is 18.0 Å². The van der Waals surface area contributed by atoms with Crippen molar-refractivity contribution in [3.63, 3.8) is 0 Å². The van der Waals surface area contributed by atoms with Crippen LogP contribution in [0.1, 0.15) is 68.1 Å². The Morgan fingerprint density at radius 1 is 1.06 bits per heavy atom. The number of rotatable bonds is 7. The number of piperidine rings is 1. The second-order valence-electron chi connectivity index (χ2n) is 9.99. The summed E-state index contributed by atoms with van der Waals surface area (Å²) in [6.07, 6.45) is 9.94. The van der Waals surface area contributed by atoms with Crippen molar-refractivity contribution in [3.8, 4) is 6.07 Å². The second-order valence-corrected chi connectivity index (χ2v) is 9.99. The Bertz CT molecular complexity index is 962. The number of aryl methyl sites for hydroxylation is 2. The zero-order valence-corrected chi connectivity index (χ0v) is 19.9. The molecule has 1 aliphatic heterocycles. The lowest BCUT2D eigenvalue weighted by molar-refractivity contribution is -0.122. The predicted octanol–water partition coefficient (Wildman–Crippen LogP) is 5.78. The molecule has 3 atom stereocenters. The molecule has 174 valence electrons. The molecule has 0 aromatic heterocycles. The second kappa shape index (κ2) is 11.4. The minimum absolute atomic E-state index is 0.206. The van der Waals surface area contributed by atoms with Crippen molar-refractivity contribution in [1.82, 2.24) is 5.32 Å². The highest BCUT2D eigenvalue weighted by Crippen LogP contribution is 2.34. The van der Waals surface area contributed by atoms with E-state index in [2.05, 4.69) is 59.6 Å². The van der Waals surface area contributed by atoms with Crippen molar-refractivity contribution in [3.05, 3.63) is 65.2 Å². The molecule has 4 heteroatoms. The van der Waals surface area contributed by atoms with Crippen molar-refractivity contribution in [1.29, 1.82) is 5.26 Å². The first kappa shape index (κ1) is 23.4. The van der Waals surface area contributed by atoms with Crippen LogP contribution in [0.3, 0.4) is 0 Å². The molecule has 2 aromatic carbocycles. The Labute approximate surface area is 199 Å². The van der Waals surface area contributed by atoms with Gasteiger partial charge in [0.2, 0.25) is 5.91 Å². The van der Waals surface area contributed by atoms with Gasteiger partial charge < -0.3 is 10.2 Å². The average molecular weight is 444 g/mol. The molecule has 0 bridgehead atoms. The number of nitriles is 1. The minimum atomic E-state index is 0.206. The summed E-state index contributed by atoms with van der Waals surface area (Å²) in [5, 5.41) is 12.5. The van der Waals surface area contributed by atoms with Gasteiger partial charge in [-0.15, -0.1) is 0 Å². The van der Waals surface area contributed by atoms with Crippen LogP contribution in [-0.4, -0.2) is 25.0 Å². The van der Waals surface area contributed by atoms with Gasteiger partial charge in [-0.2, -0.15) is 5.26 Å². The fraction of sp³-hybridized carbons (Fsp3) is 0.517. The van der Waals surface area contributed by atoms with E-state index < -0.39 is 0 Å². The van der Waals surface area contributed by atoms with E-state index in [1.54, 1.807) is 0 Å². The summed E-state index contributed by atoms with van der Waals surface area (Å²) in [6, 6.07) is 18.9. The molecule has 2 fully saturated rings. The van der Waals surface area contributed by atoms with Gasteiger partial charge in [-0.1, -0.05) is 37.1 Å². The van der Waals surface area contributed by atoms with Gasteiger partial charge in [0.1, 0.15) is 0 Å². The van der Waals surface area contributed by atoms with Crippen LogP contribution in [0.25, 0.3) is 0 Å². The fourth-order valence-electron chi connectivity index (χ4n) is 5.76. The number of nitrogens with one attached hydrogen (secondary N) is 1. The summed E-state index contributed by atoms with van der Waals surface area (Å²) in [7, 11) is 0. The molecule has 4 nitrogen and oxygen atoms in total. The van der Waals surface area contributed by atoms with Gasteiger partial charge in [0.05, 0.1) is 11.6 Å². The molecule has 0 spiro atoms. The maximum Gasteiger partial charge on any atom is 0.220 e. The molecule has 1 heterocycles. The standard InChI is InChI=1S/C29H37N3O/c1-22-7-2-3-9-25(22)14-17-29(33)31-28-11-5-4-10-26(28)19-24-8-6-18-32(21-24)27-15-12-23(20-30)13-16-27/h2-3,7,9,12-13,15-16,24,26,28H,4-6,8,10-11,14,17-19,21H2,1H3,(H,31,33)/t24-,26+,28-/m1/s1. The molecule has 1 aliphatic carbocycles. The van der Waals surface area contributed by atoms with Gasteiger partial charge in [-0.05, 0) is 92.7 Å². The van der Waals surface area contributed by atoms with E-state index in [1.807, 2.05) is 12.1 Å². The lowest BCUT2D eigenvalue weighted by atomic mass is 9.77. The van der Waals surface area contributed by atoms with Crippen molar-refractivity contribution >= 4 is 11.6 Å². The van der Waals surface area contributed by atoms with Gasteiger partial charge in [0, 0.05) is 31.2 Å². The number of amides is 1. The fourth-order valence-corrected chi connectivity index (χ4v) is 5.76. The third-order valence-corrected chi connectivity index (χ3v) is 7.65. The summed E-state index contributed by atoms with van der Waals surface area (Å²) in [6.45, 7) is 4.29. The van der Waals surface area contributed by atoms with E-state index in [9.17, 15) is 4.79 Å². The number of carbonyl (C=O) groups is 1. The van der Waals surface area contributed by atoms with E-state index in [0.717, 1.165) is 31.5 Å². The van der Waals surface area contributed by atoms with Gasteiger partial charge >= 0.3 is 0 Å². The molecule has 4 rings (SSSR count). The highest BCUT2D eigenvalue weighted by molar-refractivity contribution is 5.76. The van der Waals surface area contributed by atoms with Crippen molar-refractivity contribution < 1.29 is 4.79 Å². The van der Waals surface area contributed by atoms with E-state index in [4.69, 9.17) is 5.26 Å².